The smallest absolute Gasteiger partial charge is 0.225 e. The maximum Gasteiger partial charge on any atom is 0.225 e. The summed E-state index contributed by atoms with van der Waals surface area (Å²) in [6.45, 7) is 11.8. The van der Waals surface area contributed by atoms with Gasteiger partial charge in [0.25, 0.3) is 0 Å². The molecule has 1 aliphatic heterocycles. The summed E-state index contributed by atoms with van der Waals surface area (Å²) in [6, 6.07) is 3.75. The number of aromatic nitrogens is 2. The zero-order valence-electron chi connectivity index (χ0n) is 20.6. The molecule has 2 fully saturated rings. The van der Waals surface area contributed by atoms with E-state index in [2.05, 4.69) is 32.2 Å². The molecule has 9 nitrogen and oxygen atoms in total. The molecule has 4 rings (SSSR count). The lowest BCUT2D eigenvalue weighted by atomic mass is 10.1. The Morgan fingerprint density at radius 2 is 2.03 bits per heavy atom. The van der Waals surface area contributed by atoms with Crippen molar-refractivity contribution < 1.29 is 14.3 Å². The first-order valence-corrected chi connectivity index (χ1v) is 11.6. The SMILES string of the molecule is C1CN(CC2CC2)CCN1.C=N/C(OC)=C(\C(=C/C)OC)c1cc2cc(NC=O)ncc2n1C. The van der Waals surface area contributed by atoms with Gasteiger partial charge in [0.2, 0.25) is 12.3 Å². The molecule has 9 heteroatoms. The van der Waals surface area contributed by atoms with Crippen LogP contribution in [0.5, 0.6) is 0 Å². The van der Waals surface area contributed by atoms with Crippen molar-refractivity contribution >= 4 is 35.4 Å². The minimum Gasteiger partial charge on any atom is -0.496 e. The number of nitrogens with zero attached hydrogens (tertiary/aromatic N) is 4. The average Bonchev–Trinajstić information content (AvgIpc) is 3.62. The van der Waals surface area contributed by atoms with Crippen LogP contribution in [0.2, 0.25) is 0 Å². The number of rotatable bonds is 9. The molecule has 2 aliphatic rings. The molecule has 184 valence electrons. The summed E-state index contributed by atoms with van der Waals surface area (Å²) in [7, 11) is 5.02. The Labute approximate surface area is 201 Å². The molecule has 2 N–H and O–H groups in total. The fourth-order valence-corrected chi connectivity index (χ4v) is 4.12. The number of allylic oxidation sites excluding steroid dienone is 2. The van der Waals surface area contributed by atoms with E-state index in [1.54, 1.807) is 19.4 Å². The van der Waals surface area contributed by atoms with Crippen molar-refractivity contribution in [1.82, 2.24) is 19.8 Å². The summed E-state index contributed by atoms with van der Waals surface area (Å²) in [4.78, 5) is 21.4. The molecule has 34 heavy (non-hydrogen) atoms. The molecular weight excluding hydrogens is 432 g/mol. The number of carbonyl (C=O) groups excluding carboxylic acids is 1. The maximum absolute atomic E-state index is 10.6. The van der Waals surface area contributed by atoms with Crippen LogP contribution < -0.4 is 10.6 Å². The molecule has 2 aromatic heterocycles. The van der Waals surface area contributed by atoms with Gasteiger partial charge in [0.15, 0.2) is 0 Å². The Hall–Kier alpha value is -3.17. The Morgan fingerprint density at radius 1 is 1.29 bits per heavy atom. The van der Waals surface area contributed by atoms with E-state index >= 15 is 0 Å². The van der Waals surface area contributed by atoms with Crippen LogP contribution >= 0.6 is 0 Å². The van der Waals surface area contributed by atoms with Crippen LogP contribution in [0.3, 0.4) is 0 Å². The van der Waals surface area contributed by atoms with E-state index < -0.39 is 0 Å². The highest BCUT2D eigenvalue weighted by Gasteiger charge is 2.24. The van der Waals surface area contributed by atoms with Crippen molar-refractivity contribution in [2.75, 3.05) is 52.3 Å². The highest BCUT2D eigenvalue weighted by atomic mass is 16.5. The Morgan fingerprint density at radius 3 is 2.59 bits per heavy atom. The molecule has 1 saturated heterocycles. The molecule has 2 aromatic rings. The monoisotopic (exact) mass is 468 g/mol. The number of methoxy groups -OCH3 is 2. The number of hydrogen-bond donors (Lipinski definition) is 2. The summed E-state index contributed by atoms with van der Waals surface area (Å²) in [5.74, 6) is 2.52. The van der Waals surface area contributed by atoms with Crippen LogP contribution in [0.4, 0.5) is 5.82 Å². The molecule has 0 atom stereocenters. The number of ether oxygens (including phenoxy) is 2. The van der Waals surface area contributed by atoms with Crippen LogP contribution in [0.15, 0.2) is 41.0 Å². The number of amides is 1. The van der Waals surface area contributed by atoms with Gasteiger partial charge in [-0.1, -0.05) is 0 Å². The summed E-state index contributed by atoms with van der Waals surface area (Å²) >= 11 is 0. The number of hydrogen-bond acceptors (Lipinski definition) is 7. The first kappa shape index (κ1) is 25.5. The minimum absolute atomic E-state index is 0.357. The normalized spacial score (nSPS) is 17.4. The van der Waals surface area contributed by atoms with Gasteiger partial charge in [0.1, 0.15) is 17.2 Å². The van der Waals surface area contributed by atoms with Crippen molar-refractivity contribution in [2.24, 2.45) is 18.0 Å². The third kappa shape index (κ3) is 6.24. The van der Waals surface area contributed by atoms with E-state index in [0.717, 1.165) is 22.5 Å². The number of piperazine rings is 1. The van der Waals surface area contributed by atoms with Gasteiger partial charge in [0, 0.05) is 45.2 Å². The fraction of sp³-hybridized carbons (Fsp3) is 0.480. The second-order valence-corrected chi connectivity index (χ2v) is 8.37. The lowest BCUT2D eigenvalue weighted by Gasteiger charge is -2.26. The average molecular weight is 469 g/mol. The van der Waals surface area contributed by atoms with E-state index in [1.165, 1.54) is 52.7 Å². The van der Waals surface area contributed by atoms with Gasteiger partial charge < -0.3 is 29.6 Å². The van der Waals surface area contributed by atoms with Gasteiger partial charge in [-0.05, 0) is 50.6 Å². The first-order chi connectivity index (χ1) is 16.6. The van der Waals surface area contributed by atoms with E-state index in [0.29, 0.717) is 29.4 Å². The van der Waals surface area contributed by atoms with Crippen LogP contribution in [-0.4, -0.2) is 74.5 Å². The molecule has 1 aliphatic carbocycles. The highest BCUT2D eigenvalue weighted by molar-refractivity contribution is 5.90. The number of pyridine rings is 1. The third-order valence-corrected chi connectivity index (χ3v) is 6.09. The van der Waals surface area contributed by atoms with Crippen LogP contribution in [0.1, 0.15) is 25.5 Å². The summed E-state index contributed by atoms with van der Waals surface area (Å²) in [5, 5.41) is 6.82. The molecule has 0 radical (unpaired) electrons. The lowest BCUT2D eigenvalue weighted by Crippen LogP contribution is -2.44. The standard InChI is InChI=1S/C17H20N4O3.C8H16N2/c1-6-14(23-4)16(17(18-2)24-5)12-7-11-8-15(20-10-22)19-9-13(11)21(12)3;1-2-8(1)7-10-5-3-9-4-6-10/h6-10H,2H2,1,3-5H3,(H,19,20,22);8-9H,1-7H2/b14-6+,17-16+;. The Bertz CT molecular complexity index is 1050. The predicted molar refractivity (Wildman–Crippen MR) is 137 cm³/mol. The lowest BCUT2D eigenvalue weighted by molar-refractivity contribution is -0.105. The topological polar surface area (TPSA) is 93.0 Å². The predicted octanol–water partition coefficient (Wildman–Crippen LogP) is 3.01. The molecular formula is C25H36N6O3. The summed E-state index contributed by atoms with van der Waals surface area (Å²) in [5.41, 5.74) is 2.40. The van der Waals surface area contributed by atoms with Gasteiger partial charge in [-0.2, -0.15) is 0 Å². The number of nitrogens with one attached hydrogen (secondary N) is 2. The molecule has 0 unspecified atom stereocenters. The molecule has 0 aromatic carbocycles. The summed E-state index contributed by atoms with van der Waals surface area (Å²) in [6.07, 6.45) is 7.10. The van der Waals surface area contributed by atoms with Gasteiger partial charge in [-0.25, -0.2) is 9.98 Å². The first-order valence-electron chi connectivity index (χ1n) is 11.6. The fourth-order valence-electron chi connectivity index (χ4n) is 4.12. The molecule has 3 heterocycles. The second-order valence-electron chi connectivity index (χ2n) is 8.37. The van der Waals surface area contributed by atoms with E-state index in [9.17, 15) is 4.79 Å². The molecule has 0 spiro atoms. The van der Waals surface area contributed by atoms with Gasteiger partial charge in [0.05, 0.1) is 31.6 Å². The molecule has 1 saturated carbocycles. The van der Waals surface area contributed by atoms with Gasteiger partial charge >= 0.3 is 0 Å². The zero-order valence-corrected chi connectivity index (χ0v) is 20.6. The van der Waals surface area contributed by atoms with Crippen molar-refractivity contribution in [3.8, 4) is 0 Å². The molecule has 1 amide bonds. The van der Waals surface area contributed by atoms with Gasteiger partial charge in [-0.15, -0.1) is 0 Å². The number of fused-ring (bicyclic) bond motifs is 1. The largest absolute Gasteiger partial charge is 0.496 e. The second kappa shape index (κ2) is 12.3. The van der Waals surface area contributed by atoms with Crippen molar-refractivity contribution in [3.05, 3.63) is 41.7 Å². The number of aliphatic imine (C=N–C) groups is 1. The number of aryl methyl sites for hydroxylation is 1. The maximum atomic E-state index is 10.6. The quantitative estimate of drug-likeness (QED) is 0.254. The van der Waals surface area contributed by atoms with Crippen LogP contribution in [-0.2, 0) is 21.3 Å². The third-order valence-electron chi connectivity index (χ3n) is 6.09. The molecule has 0 bridgehead atoms. The Balaban J connectivity index is 0.000000266. The number of carbonyl (C=O) groups is 1. The van der Waals surface area contributed by atoms with Crippen LogP contribution in [0, 0.1) is 5.92 Å². The van der Waals surface area contributed by atoms with E-state index in [-0.39, 0.29) is 0 Å². The van der Waals surface area contributed by atoms with Gasteiger partial charge in [-0.3, -0.25) is 4.79 Å². The van der Waals surface area contributed by atoms with E-state index in [4.69, 9.17) is 9.47 Å². The number of anilines is 1. The minimum atomic E-state index is 0.357. The van der Waals surface area contributed by atoms with Crippen molar-refractivity contribution in [2.45, 2.75) is 19.8 Å². The summed E-state index contributed by atoms with van der Waals surface area (Å²) < 4.78 is 12.8. The van der Waals surface area contributed by atoms with Crippen molar-refractivity contribution in [1.29, 1.82) is 0 Å². The van der Waals surface area contributed by atoms with E-state index in [1.807, 2.05) is 30.7 Å². The Kier molecular flexibility index (Phi) is 9.24. The van der Waals surface area contributed by atoms with Crippen LogP contribution in [0.25, 0.3) is 16.5 Å². The van der Waals surface area contributed by atoms with Crippen molar-refractivity contribution in [3.63, 3.8) is 0 Å². The highest BCUT2D eigenvalue weighted by Crippen LogP contribution is 2.32. The zero-order chi connectivity index (χ0) is 24.5.